The molecule has 0 spiro atoms. The van der Waals surface area contributed by atoms with Crippen molar-refractivity contribution in [3.8, 4) is 0 Å². The van der Waals surface area contributed by atoms with E-state index < -0.39 is 10.1 Å². The van der Waals surface area contributed by atoms with E-state index in [1.165, 1.54) is 34.4 Å². The van der Waals surface area contributed by atoms with E-state index in [9.17, 15) is 13.0 Å². The Kier molecular flexibility index (Phi) is 18.4. The van der Waals surface area contributed by atoms with Crippen LogP contribution in [0.3, 0.4) is 0 Å². The molecule has 0 aromatic heterocycles. The fourth-order valence-corrected chi connectivity index (χ4v) is 13.8. The van der Waals surface area contributed by atoms with Crippen LogP contribution >= 0.6 is 0 Å². The van der Waals surface area contributed by atoms with Gasteiger partial charge >= 0.3 is 217 Å². The summed E-state index contributed by atoms with van der Waals surface area (Å²) in [5.74, 6) is 0.308. The van der Waals surface area contributed by atoms with Crippen molar-refractivity contribution in [1.82, 2.24) is 0 Å². The van der Waals surface area contributed by atoms with Gasteiger partial charge in [-0.25, -0.2) is 8.42 Å². The third kappa shape index (κ3) is 12.7. The van der Waals surface area contributed by atoms with Gasteiger partial charge in [0.25, 0.3) is 0 Å². The summed E-state index contributed by atoms with van der Waals surface area (Å²) in [6.07, 6.45) is 0. The summed E-state index contributed by atoms with van der Waals surface area (Å²) >= 11 is 0.530. The van der Waals surface area contributed by atoms with E-state index in [-0.39, 0.29) is 75.9 Å². The third-order valence-corrected chi connectivity index (χ3v) is 15.0. The Morgan fingerprint density at radius 1 is 0.648 bits per heavy atom. The van der Waals surface area contributed by atoms with Crippen molar-refractivity contribution >= 4 is 24.1 Å². The van der Waals surface area contributed by atoms with Crippen LogP contribution in [0.1, 0.15) is 161 Å². The summed E-state index contributed by atoms with van der Waals surface area (Å²) in [7, 11) is -4.62. The van der Waals surface area contributed by atoms with Crippen LogP contribution in [0.25, 0.3) is 0 Å². The van der Waals surface area contributed by atoms with Crippen LogP contribution in [0.5, 0.6) is 0 Å². The first kappa shape index (κ1) is 50.9. The maximum atomic E-state index is 11.8. The topological polar surface area (TPSA) is 57.2 Å². The maximum absolute atomic E-state index is 11.8. The molecule has 0 aliphatic rings. The molecule has 4 aromatic carbocycles. The fraction of sp³-hybridized carbons (Fsp3) is 0.478. The van der Waals surface area contributed by atoms with Gasteiger partial charge in [-0.05, 0) is 46.9 Å². The molecule has 8 heteroatoms. The van der Waals surface area contributed by atoms with Gasteiger partial charge in [0.2, 0.25) is 0 Å². The molecule has 0 N–H and O–H groups in total. The molecule has 4 aromatic rings. The molecule has 0 unspecified atom stereocenters. The molecule has 0 saturated heterocycles. The van der Waals surface area contributed by atoms with Crippen LogP contribution in [-0.2, 0) is 89.2 Å². The zero-order valence-corrected chi connectivity index (χ0v) is 46.8. The van der Waals surface area contributed by atoms with E-state index in [1.807, 2.05) is 40.7 Å². The predicted molar refractivity (Wildman–Crippen MR) is 217 cm³/mol. The SMILES string of the molecule is CC(C)(C)c1ccc([S+](c2[c-][c]([Hg])c(C(C)(C)C)cc2)c2ccc(C(C)(C)C)cc2)cc1.Cc1c(C(C)C)cc(C(C)C)c(S(=O)(=O)[O-])c1C(C)C.[He].[Hf]. The largest absolute Gasteiger partial charge is 0.744 e. The molecule has 0 fully saturated rings. The number of hydrogen-bond acceptors (Lipinski definition) is 3. The van der Waals surface area contributed by atoms with Crippen molar-refractivity contribution in [1.29, 1.82) is 0 Å². The number of rotatable bonds is 7. The van der Waals surface area contributed by atoms with Crippen LogP contribution in [0, 0.1) is 19.1 Å². The van der Waals surface area contributed by atoms with Gasteiger partial charge in [-0.1, -0.05) is 47.6 Å². The Hall–Kier alpha value is -1.15. The van der Waals surface area contributed by atoms with E-state index >= 15 is 0 Å². The first-order chi connectivity index (χ1) is 23.7. The Morgan fingerprint density at radius 2 is 1.06 bits per heavy atom. The van der Waals surface area contributed by atoms with Gasteiger partial charge in [0.05, 0.1) is 4.90 Å². The van der Waals surface area contributed by atoms with Crippen molar-refractivity contribution in [2.45, 2.75) is 164 Å². The first-order valence-corrected chi connectivity index (χ1v) is 24.0. The molecule has 0 saturated carbocycles. The van der Waals surface area contributed by atoms with E-state index in [0.717, 1.165) is 11.1 Å². The predicted octanol–water partition coefficient (Wildman–Crippen LogP) is 11.9. The van der Waals surface area contributed by atoms with Crippen LogP contribution in [-0.4, -0.2) is 13.0 Å². The summed E-state index contributed by atoms with van der Waals surface area (Å²) < 4.78 is 36.7. The molecule has 0 radical (unpaired) electrons. The fourth-order valence-electron chi connectivity index (χ4n) is 6.74. The molecule has 285 valence electrons. The average molecular weight is 1110 g/mol. The maximum Gasteiger partial charge on any atom is 0.125 e. The van der Waals surface area contributed by atoms with E-state index in [0.29, 0.717) is 43.2 Å². The smallest absolute Gasteiger partial charge is 0.125 e. The molecule has 54 heavy (non-hydrogen) atoms. The summed E-state index contributed by atoms with van der Waals surface area (Å²) in [5.41, 5.74) is 8.13. The second-order valence-electron chi connectivity index (χ2n) is 18.2. The molecule has 0 aliphatic heterocycles. The molecule has 0 amide bonds. The van der Waals surface area contributed by atoms with Gasteiger partial charge in [-0.2, -0.15) is 0 Å². The van der Waals surface area contributed by atoms with Crippen molar-refractivity contribution < 1.29 is 71.1 Å². The molecule has 4 rings (SSSR count). The molecule has 0 aliphatic carbocycles. The van der Waals surface area contributed by atoms with Crippen LogP contribution in [0.15, 0.2) is 86.3 Å². The van der Waals surface area contributed by atoms with Gasteiger partial charge in [0.15, 0.2) is 0 Å². The monoisotopic (exact) mass is 1110 g/mol. The van der Waals surface area contributed by atoms with Crippen LogP contribution < -0.4 is 3.07 Å². The Morgan fingerprint density at radius 3 is 1.35 bits per heavy atom. The molecule has 0 atom stereocenters. The number of benzene rings is 4. The van der Waals surface area contributed by atoms with Gasteiger partial charge in [0.1, 0.15) is 10.1 Å². The summed E-state index contributed by atoms with van der Waals surface area (Å²) in [5, 5.41) is 0. The third-order valence-electron chi connectivity index (χ3n) is 9.67. The Labute approximate surface area is 367 Å². The van der Waals surface area contributed by atoms with Gasteiger partial charge in [-0.3, -0.25) is 0 Å². The number of hydrogen-bond donors (Lipinski definition) is 0. The normalized spacial score (nSPS) is 12.4. The zero-order chi connectivity index (χ0) is 39.7. The van der Waals surface area contributed by atoms with E-state index in [1.54, 1.807) is 0 Å². The van der Waals surface area contributed by atoms with E-state index in [4.69, 9.17) is 0 Å². The van der Waals surface area contributed by atoms with Gasteiger partial charge < -0.3 is 4.55 Å². The summed E-state index contributed by atoms with van der Waals surface area (Å²) in [6.45, 7) is 34.4. The quantitative estimate of drug-likeness (QED) is 0.0802. The van der Waals surface area contributed by atoms with E-state index in [2.05, 4.69) is 143 Å². The van der Waals surface area contributed by atoms with Crippen molar-refractivity contribution in [3.63, 3.8) is 0 Å². The molecule has 3 nitrogen and oxygen atoms in total. The summed E-state index contributed by atoms with van der Waals surface area (Å²) in [6, 6.07) is 29.1. The van der Waals surface area contributed by atoms with Gasteiger partial charge in [0, 0.05) is 32.0 Å². The zero-order valence-electron chi connectivity index (χ0n) is 36.0. The first-order valence-electron chi connectivity index (χ1n) is 18.6. The molecule has 0 heterocycles. The standard InChI is InChI=1S/C30H37S.C16H26O3S.He.Hf.Hg/c1-28(2,3)22-10-16-25(17-11-22)31(26-18-12-23(13-19-26)29(4,5)6)27-20-14-24(15-21-27)30(7,8)9;1-9(2)13-8-14(10(3)4)16(20(17,18)19)15(11(5)6)12(13)7;;;/h10-14,16-20H,1-9H3;8-11H,1-7H3,(H,17,18,19);;;/p-1. The second kappa shape index (κ2) is 19.5. The minimum atomic E-state index is -4.47. The van der Waals surface area contributed by atoms with Gasteiger partial charge in [-0.15, -0.1) is 0 Å². The van der Waals surface area contributed by atoms with Crippen molar-refractivity contribution in [2.75, 3.05) is 0 Å². The van der Waals surface area contributed by atoms with Crippen LogP contribution in [0.4, 0.5) is 0 Å². The van der Waals surface area contributed by atoms with Crippen LogP contribution in [0.2, 0.25) is 0 Å². The average Bonchev–Trinajstić information content (AvgIpc) is 2.99. The molecular weight excluding hydrogens is 1050 g/mol. The minimum Gasteiger partial charge on any atom is -0.744 e. The Bertz CT molecular complexity index is 1890. The minimum absolute atomic E-state index is 0. The molecular formula is C46H62HeHfHgO3S2-. The second-order valence-corrected chi connectivity index (χ2v) is 24.2. The van der Waals surface area contributed by atoms with Crippen molar-refractivity contribution in [2.24, 2.45) is 0 Å². The summed E-state index contributed by atoms with van der Waals surface area (Å²) in [4.78, 5) is 4.06. The Balaban J connectivity index is 0.000000576. The molecule has 0 bridgehead atoms. The van der Waals surface area contributed by atoms with Crippen molar-refractivity contribution in [3.05, 3.63) is 112 Å².